The number of phenols is 1. The number of aliphatic carboxylic acids is 1. The number of carbonyl (C=O) groups is 6. The second-order valence-electron chi connectivity index (χ2n) is 7.86. The zero-order chi connectivity index (χ0) is 27.4. The van der Waals surface area contributed by atoms with Crippen molar-refractivity contribution >= 4 is 35.5 Å². The van der Waals surface area contributed by atoms with E-state index in [0.29, 0.717) is 5.56 Å². The molecule has 1 aromatic rings. The average molecular weight is 511 g/mol. The van der Waals surface area contributed by atoms with Gasteiger partial charge in [0.05, 0.1) is 19.1 Å². The van der Waals surface area contributed by atoms with Crippen molar-refractivity contribution in [1.82, 2.24) is 16.0 Å². The van der Waals surface area contributed by atoms with Crippen LogP contribution in [0.1, 0.15) is 24.8 Å². The van der Waals surface area contributed by atoms with Crippen molar-refractivity contribution in [2.24, 2.45) is 17.2 Å². The van der Waals surface area contributed by atoms with Crippen LogP contribution in [0.15, 0.2) is 24.3 Å². The second kappa shape index (κ2) is 14.2. The van der Waals surface area contributed by atoms with Gasteiger partial charge in [-0.25, -0.2) is 4.79 Å². The molecule has 0 saturated carbocycles. The van der Waals surface area contributed by atoms with Crippen LogP contribution in [-0.4, -0.2) is 81.6 Å². The molecule has 0 fully saturated rings. The fraction of sp³-hybridized carbons (Fsp3) is 0.429. The molecule has 0 spiro atoms. The predicted molar refractivity (Wildman–Crippen MR) is 123 cm³/mol. The first-order chi connectivity index (χ1) is 16.8. The van der Waals surface area contributed by atoms with Crippen molar-refractivity contribution in [3.05, 3.63) is 29.8 Å². The van der Waals surface area contributed by atoms with Crippen LogP contribution in [0.2, 0.25) is 0 Å². The molecule has 15 heteroatoms. The molecule has 0 aromatic heterocycles. The van der Waals surface area contributed by atoms with Crippen LogP contribution in [0.5, 0.6) is 5.75 Å². The minimum Gasteiger partial charge on any atom is -0.508 e. The predicted octanol–water partition coefficient (Wildman–Crippen LogP) is -4.07. The Bertz CT molecular complexity index is 969. The van der Waals surface area contributed by atoms with Crippen LogP contribution in [0.4, 0.5) is 0 Å². The number of benzene rings is 1. The molecule has 198 valence electrons. The maximum atomic E-state index is 12.9. The molecule has 5 amide bonds. The van der Waals surface area contributed by atoms with Crippen LogP contribution in [0, 0.1) is 0 Å². The van der Waals surface area contributed by atoms with E-state index in [2.05, 4.69) is 16.0 Å². The first kappa shape index (κ1) is 29.8. The monoisotopic (exact) mass is 510 g/mol. The molecule has 36 heavy (non-hydrogen) atoms. The molecule has 12 N–H and O–H groups in total. The zero-order valence-corrected chi connectivity index (χ0v) is 19.2. The standard InChI is InChI=1S/C21H30N6O9/c22-12(8-17(24)31)18(32)26-14(7-10-1-3-11(29)4-2-10)19(33)27-15(9-28)20(34)25-13(21(35)36)5-6-16(23)30/h1-4,12-15,28-29H,5-9,22H2,(H2,23,30)(H2,24,31)(H,25,34)(H,26,32)(H,27,33)(H,35,36). The summed E-state index contributed by atoms with van der Waals surface area (Å²) in [7, 11) is 0. The third kappa shape index (κ3) is 10.4. The van der Waals surface area contributed by atoms with Crippen LogP contribution in [0.3, 0.4) is 0 Å². The van der Waals surface area contributed by atoms with Crippen molar-refractivity contribution in [2.75, 3.05) is 6.61 Å². The minimum absolute atomic E-state index is 0.0476. The molecule has 0 aliphatic heterocycles. The van der Waals surface area contributed by atoms with E-state index in [-0.39, 0.29) is 25.0 Å². The highest BCUT2D eigenvalue weighted by molar-refractivity contribution is 5.95. The number of amides is 5. The average Bonchev–Trinajstić information content (AvgIpc) is 2.79. The van der Waals surface area contributed by atoms with Gasteiger partial charge in [0.2, 0.25) is 29.5 Å². The molecule has 0 aliphatic rings. The van der Waals surface area contributed by atoms with Crippen LogP contribution >= 0.6 is 0 Å². The van der Waals surface area contributed by atoms with Gasteiger partial charge in [-0.3, -0.25) is 24.0 Å². The quantitative estimate of drug-likeness (QED) is 0.110. The van der Waals surface area contributed by atoms with Gasteiger partial charge in [-0.2, -0.15) is 0 Å². The highest BCUT2D eigenvalue weighted by Gasteiger charge is 2.30. The number of phenolic OH excluding ortho intramolecular Hbond substituents is 1. The Morgan fingerprint density at radius 1 is 0.806 bits per heavy atom. The van der Waals surface area contributed by atoms with Crippen LogP contribution < -0.4 is 33.2 Å². The Hall–Kier alpha value is -4.24. The number of hydrogen-bond donors (Lipinski definition) is 9. The summed E-state index contributed by atoms with van der Waals surface area (Å²) in [6.45, 7) is -0.930. The summed E-state index contributed by atoms with van der Waals surface area (Å²) in [5, 5.41) is 34.9. The summed E-state index contributed by atoms with van der Waals surface area (Å²) in [5.74, 6) is -6.05. The fourth-order valence-corrected chi connectivity index (χ4v) is 2.95. The van der Waals surface area contributed by atoms with E-state index < -0.39 is 72.7 Å². The van der Waals surface area contributed by atoms with Gasteiger partial charge in [0.15, 0.2) is 0 Å². The Morgan fingerprint density at radius 3 is 1.83 bits per heavy atom. The first-order valence-electron chi connectivity index (χ1n) is 10.7. The lowest BCUT2D eigenvalue weighted by Crippen LogP contribution is -2.58. The van der Waals surface area contributed by atoms with Gasteiger partial charge in [0.25, 0.3) is 0 Å². The van der Waals surface area contributed by atoms with Crippen molar-refractivity contribution in [3.8, 4) is 5.75 Å². The number of carbonyl (C=O) groups excluding carboxylic acids is 5. The number of aromatic hydroxyl groups is 1. The normalized spacial score (nSPS) is 13.9. The number of rotatable bonds is 15. The molecule has 1 aromatic carbocycles. The summed E-state index contributed by atoms with van der Waals surface area (Å²) in [4.78, 5) is 71.1. The third-order valence-electron chi connectivity index (χ3n) is 4.88. The van der Waals surface area contributed by atoms with Gasteiger partial charge in [0, 0.05) is 12.8 Å². The molecule has 0 bridgehead atoms. The molecule has 0 aliphatic carbocycles. The molecular weight excluding hydrogens is 480 g/mol. The largest absolute Gasteiger partial charge is 0.508 e. The number of carboxylic acids is 1. The van der Waals surface area contributed by atoms with E-state index in [0.717, 1.165) is 0 Å². The van der Waals surface area contributed by atoms with E-state index >= 15 is 0 Å². The molecule has 15 nitrogen and oxygen atoms in total. The van der Waals surface area contributed by atoms with E-state index in [4.69, 9.17) is 17.2 Å². The van der Waals surface area contributed by atoms with Crippen LogP contribution in [0.25, 0.3) is 0 Å². The fourth-order valence-electron chi connectivity index (χ4n) is 2.95. The van der Waals surface area contributed by atoms with Gasteiger partial charge >= 0.3 is 5.97 Å². The maximum Gasteiger partial charge on any atom is 0.326 e. The summed E-state index contributed by atoms with van der Waals surface area (Å²) < 4.78 is 0. The number of aliphatic hydroxyl groups is 1. The molecule has 0 heterocycles. The van der Waals surface area contributed by atoms with Crippen molar-refractivity contribution in [2.45, 2.75) is 49.9 Å². The number of carboxylic acid groups (broad SMARTS) is 1. The Kier molecular flexibility index (Phi) is 11.8. The number of primary amides is 2. The van der Waals surface area contributed by atoms with Gasteiger partial charge in [-0.05, 0) is 24.1 Å². The highest BCUT2D eigenvalue weighted by Crippen LogP contribution is 2.12. The summed E-state index contributed by atoms with van der Waals surface area (Å²) >= 11 is 0. The van der Waals surface area contributed by atoms with Gasteiger partial charge in [-0.15, -0.1) is 0 Å². The van der Waals surface area contributed by atoms with E-state index in [1.54, 1.807) is 0 Å². The van der Waals surface area contributed by atoms with E-state index in [9.17, 15) is 44.1 Å². The molecule has 4 unspecified atom stereocenters. The smallest absolute Gasteiger partial charge is 0.326 e. The number of nitrogens with two attached hydrogens (primary N) is 3. The van der Waals surface area contributed by atoms with Crippen LogP contribution in [-0.2, 0) is 35.2 Å². The van der Waals surface area contributed by atoms with Crippen molar-refractivity contribution in [3.63, 3.8) is 0 Å². The Labute approximate surface area is 205 Å². The molecule has 1 rings (SSSR count). The molecule has 0 saturated heterocycles. The topological polar surface area (TPSA) is 277 Å². The number of aliphatic hydroxyl groups excluding tert-OH is 1. The van der Waals surface area contributed by atoms with E-state index in [1.165, 1.54) is 24.3 Å². The lowest BCUT2D eigenvalue weighted by Gasteiger charge is -2.24. The van der Waals surface area contributed by atoms with Gasteiger partial charge in [-0.1, -0.05) is 12.1 Å². The van der Waals surface area contributed by atoms with Gasteiger partial charge < -0.3 is 48.5 Å². The highest BCUT2D eigenvalue weighted by atomic mass is 16.4. The summed E-state index contributed by atoms with van der Waals surface area (Å²) in [5.41, 5.74) is 16.1. The first-order valence-corrected chi connectivity index (χ1v) is 10.7. The molecular formula is C21H30N6O9. The zero-order valence-electron chi connectivity index (χ0n) is 19.2. The third-order valence-corrected chi connectivity index (χ3v) is 4.88. The maximum absolute atomic E-state index is 12.9. The molecule has 0 radical (unpaired) electrons. The number of hydrogen-bond acceptors (Lipinski definition) is 9. The lowest BCUT2D eigenvalue weighted by molar-refractivity contribution is -0.143. The summed E-state index contributed by atoms with van der Waals surface area (Å²) in [6.07, 6.45) is -1.29. The minimum atomic E-state index is -1.62. The van der Waals surface area contributed by atoms with Crippen molar-refractivity contribution < 1.29 is 44.1 Å². The Morgan fingerprint density at radius 2 is 1.33 bits per heavy atom. The van der Waals surface area contributed by atoms with Gasteiger partial charge in [0.1, 0.15) is 23.9 Å². The summed E-state index contributed by atoms with van der Waals surface area (Å²) in [6, 6.07) is -0.236. The SMILES string of the molecule is NC(=O)CCC(NC(=O)C(CO)NC(=O)C(Cc1ccc(O)cc1)NC(=O)C(N)CC(N)=O)C(=O)O. The Balaban J connectivity index is 3.01. The lowest BCUT2D eigenvalue weighted by atomic mass is 10.0. The second-order valence-corrected chi connectivity index (χ2v) is 7.86. The number of nitrogens with one attached hydrogen (secondary N) is 3. The van der Waals surface area contributed by atoms with E-state index in [1.807, 2.05) is 0 Å². The van der Waals surface area contributed by atoms with Crippen molar-refractivity contribution in [1.29, 1.82) is 0 Å². The molecule has 4 atom stereocenters.